The lowest BCUT2D eigenvalue weighted by molar-refractivity contribution is -0.688. The van der Waals surface area contributed by atoms with E-state index in [2.05, 4.69) is 124 Å². The lowest BCUT2D eigenvalue weighted by Gasteiger charge is -2.44. The summed E-state index contributed by atoms with van der Waals surface area (Å²) in [7, 11) is 0. The molecule has 41 heavy (non-hydrogen) atoms. The van der Waals surface area contributed by atoms with Crippen LogP contribution in [0.1, 0.15) is 22.5 Å². The Hall–Kier alpha value is -5.24. The Bertz CT molecular complexity index is 1700. The molecule has 0 unspecified atom stereocenters. The highest BCUT2D eigenvalue weighted by Gasteiger charge is 2.30. The van der Waals surface area contributed by atoms with Crippen LogP contribution in [0.4, 0.5) is 11.4 Å². The third-order valence-electron chi connectivity index (χ3n) is 8.00. The average molecular weight is 539 g/mol. The molecule has 0 radical (unpaired) electrons. The maximum absolute atomic E-state index is 4.46. The van der Waals surface area contributed by atoms with E-state index in [1.54, 1.807) is 0 Å². The first-order valence-electron chi connectivity index (χ1n) is 14.0. The number of hydrogen-bond acceptors (Lipinski definition) is 4. The van der Waals surface area contributed by atoms with E-state index in [0.29, 0.717) is 0 Å². The number of fused-ring (bicyclic) bond motifs is 6. The molecule has 4 aromatic heterocycles. The fraction of sp³-hybridized carbons (Fsp3) is 0.152. The van der Waals surface area contributed by atoms with E-state index in [9.17, 15) is 0 Å². The predicted octanol–water partition coefficient (Wildman–Crippen LogP) is 4.03. The van der Waals surface area contributed by atoms with Crippen LogP contribution in [0.25, 0.3) is 11.4 Å². The van der Waals surface area contributed by atoms with E-state index in [1.165, 1.54) is 33.9 Å². The van der Waals surface area contributed by atoms with Crippen molar-refractivity contribution in [3.05, 3.63) is 145 Å². The molecule has 200 valence electrons. The monoisotopic (exact) mass is 538 g/mol. The predicted molar refractivity (Wildman–Crippen MR) is 156 cm³/mol. The standard InChI is InChI=1S/C33H30N8/c1-3-11-34-28(5-1)21-36-13-15-38(23-36)30-9-7-26-19-41-25-40(32(26)17-30)20-27-8-10-31(18-33(27)41)39-16-14-37(24-39)22-29-6-2-4-12-35-29/h1-18,23-24H,19-22,25H2/q+2. The minimum Gasteiger partial charge on any atom is -0.349 e. The largest absolute Gasteiger partial charge is 0.349 e. The topological polar surface area (TPSA) is 49.9 Å². The molecule has 0 saturated carbocycles. The molecule has 8 nitrogen and oxygen atoms in total. The number of nitrogens with zero attached hydrogens (tertiary/aromatic N) is 8. The van der Waals surface area contributed by atoms with Gasteiger partial charge in [-0.3, -0.25) is 9.97 Å². The van der Waals surface area contributed by atoms with Gasteiger partial charge in [-0.2, -0.15) is 0 Å². The van der Waals surface area contributed by atoms with E-state index >= 15 is 0 Å². The van der Waals surface area contributed by atoms with Crippen molar-refractivity contribution in [3.63, 3.8) is 0 Å². The van der Waals surface area contributed by atoms with Crippen LogP contribution in [0, 0.1) is 0 Å². The molecule has 2 bridgehead atoms. The summed E-state index contributed by atoms with van der Waals surface area (Å²) in [5, 5.41) is 0. The van der Waals surface area contributed by atoms with E-state index in [0.717, 1.165) is 44.2 Å². The summed E-state index contributed by atoms with van der Waals surface area (Å²) in [4.78, 5) is 13.9. The fourth-order valence-corrected chi connectivity index (χ4v) is 5.96. The zero-order valence-electron chi connectivity index (χ0n) is 22.7. The van der Waals surface area contributed by atoms with Gasteiger partial charge < -0.3 is 9.80 Å². The van der Waals surface area contributed by atoms with Crippen LogP contribution >= 0.6 is 0 Å². The van der Waals surface area contributed by atoms with Gasteiger partial charge in [0, 0.05) is 49.0 Å². The van der Waals surface area contributed by atoms with Crippen LogP contribution < -0.4 is 18.9 Å². The Morgan fingerprint density at radius 2 is 1.12 bits per heavy atom. The van der Waals surface area contributed by atoms with Crippen molar-refractivity contribution in [2.45, 2.75) is 26.2 Å². The first kappa shape index (κ1) is 23.6. The quantitative estimate of drug-likeness (QED) is 0.301. The number of aromatic nitrogens is 6. The Kier molecular flexibility index (Phi) is 5.62. The molecular weight excluding hydrogens is 508 g/mol. The van der Waals surface area contributed by atoms with Gasteiger partial charge in [0.15, 0.2) is 0 Å². The molecule has 2 aliphatic rings. The summed E-state index contributed by atoms with van der Waals surface area (Å²) < 4.78 is 8.72. The molecule has 0 fully saturated rings. The van der Waals surface area contributed by atoms with Gasteiger partial charge in [-0.25, -0.2) is 18.3 Å². The molecule has 0 amide bonds. The van der Waals surface area contributed by atoms with Gasteiger partial charge >= 0.3 is 0 Å². The second kappa shape index (κ2) is 9.75. The molecule has 2 aromatic carbocycles. The van der Waals surface area contributed by atoms with Crippen molar-refractivity contribution in [1.29, 1.82) is 0 Å². The van der Waals surface area contributed by atoms with Crippen LogP contribution in [-0.4, -0.2) is 25.8 Å². The van der Waals surface area contributed by atoms with Crippen molar-refractivity contribution in [2.75, 3.05) is 16.5 Å². The zero-order chi connectivity index (χ0) is 27.2. The van der Waals surface area contributed by atoms with Crippen LogP contribution in [0.5, 0.6) is 0 Å². The molecule has 8 rings (SSSR count). The number of pyridine rings is 2. The highest BCUT2D eigenvalue weighted by atomic mass is 15.4. The number of anilines is 2. The SMILES string of the molecule is c1ccc(C[n+]2ccn(-c3ccc4c(c3)N3Cc5ccc(-n6cc[n+](Cc7ccccn7)c6)cc5N(C4)C3)c2)nc1. The summed E-state index contributed by atoms with van der Waals surface area (Å²) in [5.41, 5.74) is 9.80. The molecule has 0 atom stereocenters. The lowest BCUT2D eigenvalue weighted by atomic mass is 10.0. The molecule has 6 heterocycles. The smallest absolute Gasteiger partial charge is 0.249 e. The normalized spacial score (nSPS) is 13.7. The number of rotatable bonds is 6. The van der Waals surface area contributed by atoms with Crippen LogP contribution in [-0.2, 0) is 26.2 Å². The van der Waals surface area contributed by atoms with Crippen LogP contribution in [0.15, 0.2) is 123 Å². The second-order valence-corrected chi connectivity index (χ2v) is 10.8. The zero-order valence-corrected chi connectivity index (χ0v) is 22.7. The van der Waals surface area contributed by atoms with Crippen LogP contribution in [0.2, 0.25) is 0 Å². The maximum atomic E-state index is 4.46. The van der Waals surface area contributed by atoms with Gasteiger partial charge in [0.1, 0.15) is 49.3 Å². The van der Waals surface area contributed by atoms with Gasteiger partial charge in [0.25, 0.3) is 0 Å². The van der Waals surface area contributed by atoms with Gasteiger partial charge in [-0.1, -0.05) is 24.3 Å². The van der Waals surface area contributed by atoms with Gasteiger partial charge in [0.05, 0.1) is 18.1 Å². The van der Waals surface area contributed by atoms with Crippen molar-refractivity contribution in [3.8, 4) is 11.4 Å². The highest BCUT2D eigenvalue weighted by Crippen LogP contribution is 2.39. The summed E-state index contributed by atoms with van der Waals surface area (Å²) >= 11 is 0. The Balaban J connectivity index is 1.02. The van der Waals surface area contributed by atoms with Gasteiger partial charge in [0.2, 0.25) is 12.7 Å². The summed E-state index contributed by atoms with van der Waals surface area (Å²) in [6, 6.07) is 25.8. The highest BCUT2D eigenvalue weighted by molar-refractivity contribution is 5.70. The number of hydrogen-bond donors (Lipinski definition) is 0. The van der Waals surface area contributed by atoms with E-state index < -0.39 is 0 Å². The molecule has 0 spiro atoms. The molecule has 0 N–H and O–H groups in total. The summed E-state index contributed by atoms with van der Waals surface area (Å²) in [6.07, 6.45) is 16.4. The maximum Gasteiger partial charge on any atom is 0.249 e. The van der Waals surface area contributed by atoms with Crippen LogP contribution in [0.3, 0.4) is 0 Å². The molecular formula is C33H30N8+2. The van der Waals surface area contributed by atoms with Crippen molar-refractivity contribution in [2.24, 2.45) is 0 Å². The Morgan fingerprint density at radius 3 is 1.59 bits per heavy atom. The average Bonchev–Trinajstić information content (AvgIpc) is 3.68. The molecule has 0 saturated heterocycles. The third-order valence-corrected chi connectivity index (χ3v) is 8.00. The van der Waals surface area contributed by atoms with E-state index in [-0.39, 0.29) is 0 Å². The summed E-state index contributed by atoms with van der Waals surface area (Å²) in [6.45, 7) is 4.21. The lowest BCUT2D eigenvalue weighted by Crippen LogP contribution is -2.46. The van der Waals surface area contributed by atoms with Gasteiger partial charge in [-0.15, -0.1) is 0 Å². The van der Waals surface area contributed by atoms with Crippen molar-refractivity contribution < 1.29 is 9.13 Å². The first-order valence-corrected chi connectivity index (χ1v) is 14.0. The first-order chi connectivity index (χ1) is 20.2. The molecule has 0 aliphatic carbocycles. The molecule has 8 heteroatoms. The van der Waals surface area contributed by atoms with E-state index in [1.807, 2.05) is 36.7 Å². The van der Waals surface area contributed by atoms with Crippen molar-refractivity contribution >= 4 is 11.4 Å². The third kappa shape index (κ3) is 4.53. The Morgan fingerprint density at radius 1 is 0.610 bits per heavy atom. The molecule has 6 aromatic rings. The number of benzene rings is 2. The number of imidazole rings is 2. The summed E-state index contributed by atoms with van der Waals surface area (Å²) in [5.74, 6) is 0. The van der Waals surface area contributed by atoms with Crippen molar-refractivity contribution in [1.82, 2.24) is 19.1 Å². The minimum atomic E-state index is 0.756. The minimum absolute atomic E-state index is 0.756. The van der Waals surface area contributed by atoms with Gasteiger partial charge in [-0.05, 0) is 47.5 Å². The molecule has 2 aliphatic heterocycles. The second-order valence-electron chi connectivity index (χ2n) is 10.8. The fourth-order valence-electron chi connectivity index (χ4n) is 5.96. The Labute approximate surface area is 238 Å². The van der Waals surface area contributed by atoms with E-state index in [4.69, 9.17) is 0 Å².